The minimum absolute atomic E-state index is 0. The number of amides is 1. The summed E-state index contributed by atoms with van der Waals surface area (Å²) in [5, 5.41) is 0. The SMILES string of the molecule is CCN(CC)CCOC1CCN(C(=O)C(C)(C)N)C1.Cl.Cl. The maximum Gasteiger partial charge on any atom is 0.242 e. The fraction of sp³-hybridized carbons (Fsp3) is 0.929. The Balaban J connectivity index is 0. The number of carbonyl (C=O) groups is 1. The first-order valence-corrected chi connectivity index (χ1v) is 7.30. The van der Waals surface area contributed by atoms with Crippen LogP contribution in [0.4, 0.5) is 0 Å². The molecule has 0 saturated carbocycles. The summed E-state index contributed by atoms with van der Waals surface area (Å²) in [4.78, 5) is 16.2. The highest BCUT2D eigenvalue weighted by molar-refractivity contribution is 5.86. The molecule has 1 amide bonds. The highest BCUT2D eigenvalue weighted by Crippen LogP contribution is 2.16. The van der Waals surface area contributed by atoms with Crippen molar-refractivity contribution in [3.63, 3.8) is 0 Å². The van der Waals surface area contributed by atoms with E-state index in [4.69, 9.17) is 10.5 Å². The Morgan fingerprint density at radius 3 is 2.38 bits per heavy atom. The van der Waals surface area contributed by atoms with Crippen LogP contribution < -0.4 is 5.73 Å². The summed E-state index contributed by atoms with van der Waals surface area (Å²) in [7, 11) is 0. The number of nitrogens with zero attached hydrogens (tertiary/aromatic N) is 2. The van der Waals surface area contributed by atoms with Gasteiger partial charge in [0.25, 0.3) is 0 Å². The molecule has 0 aliphatic carbocycles. The van der Waals surface area contributed by atoms with Crippen LogP contribution in [0.3, 0.4) is 0 Å². The Hall–Kier alpha value is -0.0700. The lowest BCUT2D eigenvalue weighted by Gasteiger charge is -2.25. The largest absolute Gasteiger partial charge is 0.375 e. The molecule has 21 heavy (non-hydrogen) atoms. The van der Waals surface area contributed by atoms with E-state index in [0.717, 1.165) is 39.2 Å². The topological polar surface area (TPSA) is 58.8 Å². The summed E-state index contributed by atoms with van der Waals surface area (Å²) in [6.07, 6.45) is 1.09. The van der Waals surface area contributed by atoms with Crippen LogP contribution in [-0.4, -0.2) is 66.7 Å². The third-order valence-electron chi connectivity index (χ3n) is 3.64. The molecule has 0 aromatic heterocycles. The van der Waals surface area contributed by atoms with Gasteiger partial charge in [-0.15, -0.1) is 24.8 Å². The van der Waals surface area contributed by atoms with E-state index in [1.54, 1.807) is 13.8 Å². The zero-order valence-corrected chi connectivity index (χ0v) is 15.3. The van der Waals surface area contributed by atoms with Crippen LogP contribution in [-0.2, 0) is 9.53 Å². The van der Waals surface area contributed by atoms with Gasteiger partial charge in [-0.1, -0.05) is 13.8 Å². The molecule has 1 unspecified atom stereocenters. The highest BCUT2D eigenvalue weighted by Gasteiger charge is 2.33. The molecule has 0 aromatic rings. The predicted molar refractivity (Wildman–Crippen MR) is 91.5 cm³/mol. The zero-order valence-electron chi connectivity index (χ0n) is 13.6. The Morgan fingerprint density at radius 2 is 1.90 bits per heavy atom. The number of nitrogens with two attached hydrogens (primary N) is 1. The summed E-state index contributed by atoms with van der Waals surface area (Å²) in [6, 6.07) is 0. The van der Waals surface area contributed by atoms with Gasteiger partial charge in [0.15, 0.2) is 0 Å². The summed E-state index contributed by atoms with van der Waals surface area (Å²) >= 11 is 0. The number of hydrogen-bond donors (Lipinski definition) is 1. The number of carbonyl (C=O) groups excluding carboxylic acids is 1. The van der Waals surface area contributed by atoms with E-state index in [0.29, 0.717) is 6.54 Å². The van der Waals surface area contributed by atoms with Crippen LogP contribution in [0.1, 0.15) is 34.1 Å². The molecule has 1 aliphatic rings. The molecule has 1 aliphatic heterocycles. The Bertz CT molecular complexity index is 294. The number of ether oxygens (including phenoxy) is 1. The molecule has 2 N–H and O–H groups in total. The van der Waals surface area contributed by atoms with E-state index in [1.165, 1.54) is 0 Å². The first-order valence-electron chi connectivity index (χ1n) is 7.30. The molecule has 0 aromatic carbocycles. The van der Waals surface area contributed by atoms with Crippen molar-refractivity contribution in [3.05, 3.63) is 0 Å². The van der Waals surface area contributed by atoms with Gasteiger partial charge in [-0.3, -0.25) is 4.79 Å². The summed E-state index contributed by atoms with van der Waals surface area (Å²) in [5.41, 5.74) is 5.06. The maximum absolute atomic E-state index is 12.0. The first-order chi connectivity index (χ1) is 8.88. The van der Waals surface area contributed by atoms with Crippen molar-refractivity contribution < 1.29 is 9.53 Å². The smallest absolute Gasteiger partial charge is 0.242 e. The van der Waals surface area contributed by atoms with Crippen molar-refractivity contribution in [3.8, 4) is 0 Å². The molecule has 0 bridgehead atoms. The standard InChI is InChI=1S/C14H29N3O2.2ClH/c1-5-16(6-2)9-10-19-12-7-8-17(11-12)13(18)14(3,4)15;;/h12H,5-11,15H2,1-4H3;2*1H. The second-order valence-corrected chi connectivity index (χ2v) is 5.78. The van der Waals surface area contributed by atoms with E-state index in [2.05, 4.69) is 18.7 Å². The van der Waals surface area contributed by atoms with Gasteiger partial charge in [-0.25, -0.2) is 0 Å². The Morgan fingerprint density at radius 1 is 1.33 bits per heavy atom. The second-order valence-electron chi connectivity index (χ2n) is 5.78. The minimum Gasteiger partial charge on any atom is -0.375 e. The second kappa shape index (κ2) is 10.6. The third-order valence-corrected chi connectivity index (χ3v) is 3.64. The average molecular weight is 344 g/mol. The number of rotatable bonds is 7. The molecule has 1 saturated heterocycles. The van der Waals surface area contributed by atoms with Crippen LogP contribution in [0.2, 0.25) is 0 Å². The van der Waals surface area contributed by atoms with E-state index in [-0.39, 0.29) is 36.8 Å². The molecular formula is C14H31Cl2N3O2. The van der Waals surface area contributed by atoms with Crippen molar-refractivity contribution in [1.82, 2.24) is 9.80 Å². The zero-order chi connectivity index (χ0) is 14.5. The fourth-order valence-electron chi connectivity index (χ4n) is 2.34. The number of likely N-dealkylation sites (tertiary alicyclic amines) is 1. The van der Waals surface area contributed by atoms with Gasteiger partial charge in [-0.05, 0) is 33.4 Å². The summed E-state index contributed by atoms with van der Waals surface area (Å²) in [6.45, 7) is 13.1. The van der Waals surface area contributed by atoms with E-state index in [9.17, 15) is 4.79 Å². The maximum atomic E-state index is 12.0. The van der Waals surface area contributed by atoms with Crippen LogP contribution >= 0.6 is 24.8 Å². The minimum atomic E-state index is -0.782. The van der Waals surface area contributed by atoms with E-state index in [1.807, 2.05) is 4.90 Å². The van der Waals surface area contributed by atoms with Crippen LogP contribution in [0.5, 0.6) is 0 Å². The predicted octanol–water partition coefficient (Wildman–Crippen LogP) is 1.53. The van der Waals surface area contributed by atoms with Gasteiger partial charge in [0, 0.05) is 19.6 Å². The van der Waals surface area contributed by atoms with Crippen molar-refractivity contribution in [2.45, 2.75) is 45.8 Å². The van der Waals surface area contributed by atoms with Gasteiger partial charge in [0.05, 0.1) is 18.2 Å². The molecule has 7 heteroatoms. The average Bonchev–Trinajstić information content (AvgIpc) is 2.81. The van der Waals surface area contributed by atoms with Crippen molar-refractivity contribution in [1.29, 1.82) is 0 Å². The summed E-state index contributed by atoms with van der Waals surface area (Å²) < 4.78 is 5.85. The van der Waals surface area contributed by atoms with E-state index < -0.39 is 5.54 Å². The third kappa shape index (κ3) is 7.66. The van der Waals surface area contributed by atoms with E-state index >= 15 is 0 Å². The molecular weight excluding hydrogens is 313 g/mol. The molecule has 5 nitrogen and oxygen atoms in total. The number of hydrogen-bond acceptors (Lipinski definition) is 4. The lowest BCUT2D eigenvalue weighted by molar-refractivity contribution is -0.135. The number of halogens is 2. The molecule has 1 fully saturated rings. The molecule has 128 valence electrons. The van der Waals surface area contributed by atoms with Gasteiger partial charge < -0.3 is 20.3 Å². The van der Waals surface area contributed by atoms with Crippen LogP contribution in [0, 0.1) is 0 Å². The Labute approximate surface area is 141 Å². The fourth-order valence-corrected chi connectivity index (χ4v) is 2.34. The molecule has 1 rings (SSSR count). The van der Waals surface area contributed by atoms with Gasteiger partial charge in [0.2, 0.25) is 5.91 Å². The van der Waals surface area contributed by atoms with Gasteiger partial charge >= 0.3 is 0 Å². The normalized spacial score (nSPS) is 18.4. The van der Waals surface area contributed by atoms with Gasteiger partial charge in [-0.2, -0.15) is 0 Å². The van der Waals surface area contributed by atoms with Crippen molar-refractivity contribution in [2.75, 3.05) is 39.3 Å². The monoisotopic (exact) mass is 343 g/mol. The highest BCUT2D eigenvalue weighted by atomic mass is 35.5. The molecule has 0 radical (unpaired) electrons. The first kappa shape index (κ1) is 23.2. The van der Waals surface area contributed by atoms with Gasteiger partial charge in [0.1, 0.15) is 0 Å². The quantitative estimate of drug-likeness (QED) is 0.761. The van der Waals surface area contributed by atoms with Crippen molar-refractivity contribution in [2.24, 2.45) is 5.73 Å². The lowest BCUT2D eigenvalue weighted by atomic mass is 10.1. The number of likely N-dealkylation sites (N-methyl/N-ethyl adjacent to an activating group) is 1. The van der Waals surface area contributed by atoms with Crippen LogP contribution in [0.25, 0.3) is 0 Å². The molecule has 1 atom stereocenters. The van der Waals surface area contributed by atoms with Crippen molar-refractivity contribution >= 4 is 30.7 Å². The summed E-state index contributed by atoms with van der Waals surface area (Å²) in [5.74, 6) is 0.0161. The lowest BCUT2D eigenvalue weighted by Crippen LogP contribution is -2.50. The Kier molecular flexibility index (Phi) is 11.7. The van der Waals surface area contributed by atoms with Crippen LogP contribution in [0.15, 0.2) is 0 Å². The molecule has 0 spiro atoms. The molecule has 1 heterocycles.